The van der Waals surface area contributed by atoms with Crippen molar-refractivity contribution in [3.8, 4) is 22.8 Å². The number of ether oxygens (including phenoxy) is 3. The number of carbonyl (C=O) groups excluding carboxylic acids is 2. The van der Waals surface area contributed by atoms with E-state index in [0.29, 0.717) is 17.7 Å². The Morgan fingerprint density at radius 2 is 1.36 bits per heavy atom. The molecule has 3 aromatic carbocycles. The number of benzene rings is 4. The predicted octanol–water partition coefficient (Wildman–Crippen LogP) is 7.86. The van der Waals surface area contributed by atoms with Crippen LogP contribution in [0.1, 0.15) is 76.4 Å². The first-order valence-electron chi connectivity index (χ1n) is 20.2. The monoisotopic (exact) mass is 894 g/mol. The molecule has 2 unspecified atom stereocenters. The molecule has 0 aromatic heterocycles. The highest BCUT2D eigenvalue weighted by molar-refractivity contribution is 7.60. The van der Waals surface area contributed by atoms with E-state index in [1.165, 1.54) is 5.56 Å². The molecule has 3 aromatic rings. The molecule has 0 radical (unpaired) electrons. The number of halogens is 1. The van der Waals surface area contributed by atoms with Gasteiger partial charge in [-0.2, -0.15) is 0 Å². The van der Waals surface area contributed by atoms with Crippen molar-refractivity contribution >= 4 is 43.9 Å². The fraction of sp³-hybridized carbons (Fsp3) is 0.438. The first-order chi connectivity index (χ1) is 27.9. The van der Waals surface area contributed by atoms with Crippen LogP contribution in [-0.4, -0.2) is 83.6 Å². The van der Waals surface area contributed by atoms with Crippen LogP contribution in [0.4, 0.5) is 5.69 Å². The molecule has 0 saturated carbocycles. The summed E-state index contributed by atoms with van der Waals surface area (Å²) in [4.78, 5) is 25.7. The molecule has 61 heavy (non-hydrogen) atoms. The third-order valence-corrected chi connectivity index (χ3v) is 12.7. The lowest BCUT2D eigenvalue weighted by Gasteiger charge is -2.34. The van der Waals surface area contributed by atoms with E-state index >= 15 is 0 Å². The summed E-state index contributed by atoms with van der Waals surface area (Å²) in [6.07, 6.45) is 0.275. The molecule has 0 saturated heterocycles. The molecule has 3 aliphatic rings. The molecular formula is C48H65ClN2O8P2. The Kier molecular flexibility index (Phi) is 17.8. The fourth-order valence-corrected chi connectivity index (χ4v) is 9.68. The number of anilines is 1. The average molecular weight is 895 g/mol. The van der Waals surface area contributed by atoms with E-state index in [1.807, 2.05) is 97.2 Å². The van der Waals surface area contributed by atoms with Gasteiger partial charge < -0.3 is 40.5 Å². The lowest BCUT2D eigenvalue weighted by molar-refractivity contribution is -0.152. The number of nitrogens with zero attached hydrogens (tertiary/aromatic N) is 2. The van der Waals surface area contributed by atoms with Crippen molar-refractivity contribution < 1.29 is 49.7 Å². The summed E-state index contributed by atoms with van der Waals surface area (Å²) in [5, 5.41) is 2.30. The van der Waals surface area contributed by atoms with Gasteiger partial charge in [0.2, 0.25) is 12.7 Å². The molecule has 2 atom stereocenters. The van der Waals surface area contributed by atoms with Gasteiger partial charge in [-0.05, 0) is 117 Å². The SMILES string of the molecule is CCOP(=O)(CC(=O)OC(C)(C)C)C1c2ccc(C)cc2Oc2cc(N(C)C)ccc21.CP(C)CC(=O)OC(C)(C)C.Cc1ccc2cc3ccc(=[N+](C)C)cc-3oc2c1.[Cl-]. The van der Waals surface area contributed by atoms with Gasteiger partial charge >= 0.3 is 11.9 Å². The fourth-order valence-electron chi connectivity index (χ4n) is 6.54. The molecule has 0 N–H and O–H groups in total. The van der Waals surface area contributed by atoms with Gasteiger partial charge in [-0.1, -0.05) is 30.3 Å². The second kappa shape index (κ2) is 21.3. The van der Waals surface area contributed by atoms with Crippen LogP contribution in [0.25, 0.3) is 22.3 Å². The number of hydrogen-bond donors (Lipinski definition) is 0. The molecule has 1 aliphatic carbocycles. The zero-order valence-electron chi connectivity index (χ0n) is 38.6. The van der Waals surface area contributed by atoms with E-state index in [4.69, 9.17) is 23.2 Å². The molecule has 0 fully saturated rings. The first kappa shape index (κ1) is 51.2. The summed E-state index contributed by atoms with van der Waals surface area (Å²) in [6.45, 7) is 21.2. The number of carbonyl (C=O) groups is 2. The predicted molar refractivity (Wildman–Crippen MR) is 248 cm³/mol. The lowest BCUT2D eigenvalue weighted by Crippen LogP contribution is -3.00. The van der Waals surface area contributed by atoms with Gasteiger partial charge in [-0.3, -0.25) is 14.2 Å². The van der Waals surface area contributed by atoms with Crippen LogP contribution in [0.3, 0.4) is 0 Å². The standard InChI is InChI=1S/C24H32NO5P.C16H16NO.C8H17O2P.ClH/c1-8-28-31(27,15-22(26)30-24(3,4)5)23-18-11-9-16(2)13-20(18)29-21-14-17(25(6)7)10-12-19(21)23;1-11-4-5-12-9-13-6-7-14(17(2)3)10-16(13)18-15(12)8-11;1-8(2,3)10-7(9)6-11(4)5;/h9-14,23H,8,15H2,1-7H3;4-10H,1-3H3;6H2,1-5H3;1H/q;+1;;/p-1. The largest absolute Gasteiger partial charge is 1.00 e. The maximum atomic E-state index is 14.3. The van der Waals surface area contributed by atoms with E-state index in [1.54, 1.807) is 27.7 Å². The highest BCUT2D eigenvalue weighted by Gasteiger charge is 2.44. The van der Waals surface area contributed by atoms with Crippen molar-refractivity contribution in [1.82, 2.24) is 4.58 Å². The lowest BCUT2D eigenvalue weighted by atomic mass is 9.98. The minimum absolute atomic E-state index is 0. The van der Waals surface area contributed by atoms with E-state index in [9.17, 15) is 14.2 Å². The molecule has 13 heteroatoms. The summed E-state index contributed by atoms with van der Waals surface area (Å²) in [6, 6.07) is 26.4. The zero-order chi connectivity index (χ0) is 44.7. The maximum Gasteiger partial charge on any atom is 0.316 e. The van der Waals surface area contributed by atoms with Crippen molar-refractivity contribution in [3.63, 3.8) is 0 Å². The normalized spacial score (nSPS) is 14.1. The minimum atomic E-state index is -3.52. The van der Waals surface area contributed by atoms with Crippen molar-refractivity contribution in [2.24, 2.45) is 0 Å². The zero-order valence-corrected chi connectivity index (χ0v) is 41.2. The average Bonchev–Trinajstić information content (AvgIpc) is 3.11. The highest BCUT2D eigenvalue weighted by atomic mass is 35.5. The summed E-state index contributed by atoms with van der Waals surface area (Å²) < 4.78 is 45.1. The van der Waals surface area contributed by atoms with Crippen molar-refractivity contribution in [3.05, 3.63) is 106 Å². The molecule has 2 heterocycles. The molecule has 0 amide bonds. The molecule has 10 nitrogen and oxygen atoms in total. The van der Waals surface area contributed by atoms with Gasteiger partial charge in [-0.15, -0.1) is 7.92 Å². The second-order valence-corrected chi connectivity index (χ2v) is 22.8. The summed E-state index contributed by atoms with van der Waals surface area (Å²) in [5.41, 5.74) is 5.19. The first-order valence-corrected chi connectivity index (χ1v) is 24.5. The van der Waals surface area contributed by atoms with Crippen LogP contribution < -0.4 is 32.0 Å². The van der Waals surface area contributed by atoms with Gasteiger partial charge in [0.05, 0.1) is 24.5 Å². The molecule has 332 valence electrons. The van der Waals surface area contributed by atoms with E-state index in [0.717, 1.165) is 50.0 Å². The van der Waals surface area contributed by atoms with E-state index in [2.05, 4.69) is 67.3 Å². The van der Waals surface area contributed by atoms with Crippen LogP contribution in [-0.2, 0) is 28.2 Å². The molecule has 0 bridgehead atoms. The van der Waals surface area contributed by atoms with Crippen LogP contribution in [0.5, 0.6) is 11.5 Å². The maximum absolute atomic E-state index is 14.3. The number of hydrogen-bond acceptors (Lipinski definition) is 9. The minimum Gasteiger partial charge on any atom is -1.00 e. The highest BCUT2D eigenvalue weighted by Crippen LogP contribution is 2.67. The summed E-state index contributed by atoms with van der Waals surface area (Å²) in [5.74, 6) is 1.58. The topological polar surface area (TPSA) is 108 Å². The van der Waals surface area contributed by atoms with Crippen LogP contribution >= 0.6 is 15.3 Å². The number of rotatable bonds is 8. The van der Waals surface area contributed by atoms with Gasteiger partial charge in [0, 0.05) is 54.0 Å². The van der Waals surface area contributed by atoms with Crippen molar-refractivity contribution in [2.45, 2.75) is 79.2 Å². The Labute approximate surface area is 370 Å². The van der Waals surface area contributed by atoms with Crippen LogP contribution in [0, 0.1) is 13.8 Å². The van der Waals surface area contributed by atoms with Gasteiger partial charge in [0.1, 0.15) is 54.3 Å². The molecule has 0 spiro atoms. The smallest absolute Gasteiger partial charge is 0.316 e. The number of fused-ring (bicyclic) bond motifs is 4. The third-order valence-electron chi connectivity index (χ3n) is 9.08. The van der Waals surface area contributed by atoms with Crippen LogP contribution in [0.15, 0.2) is 83.3 Å². The van der Waals surface area contributed by atoms with Gasteiger partial charge in [0.25, 0.3) is 0 Å². The molecule has 2 aliphatic heterocycles. The Balaban J connectivity index is 0.000000278. The summed E-state index contributed by atoms with van der Waals surface area (Å²) >= 11 is 0. The Hall–Kier alpha value is -4.20. The molecule has 6 rings (SSSR count). The van der Waals surface area contributed by atoms with Crippen molar-refractivity contribution in [1.29, 1.82) is 0 Å². The summed E-state index contributed by atoms with van der Waals surface area (Å²) in [7, 11) is 4.28. The van der Waals surface area contributed by atoms with E-state index in [-0.39, 0.29) is 44.7 Å². The number of aryl methyl sites for hydroxylation is 2. The molecular weight excluding hydrogens is 830 g/mol. The van der Waals surface area contributed by atoms with Gasteiger partial charge in [-0.25, -0.2) is 4.58 Å². The Morgan fingerprint density at radius 3 is 1.93 bits per heavy atom. The van der Waals surface area contributed by atoms with Crippen molar-refractivity contribution in [2.75, 3.05) is 65.4 Å². The quantitative estimate of drug-likeness (QED) is 0.0666. The van der Waals surface area contributed by atoms with E-state index < -0.39 is 24.6 Å². The number of esters is 2. The van der Waals surface area contributed by atoms with Crippen LogP contribution in [0.2, 0.25) is 0 Å². The third kappa shape index (κ3) is 14.7. The second-order valence-electron chi connectivity index (χ2n) is 17.8. The Morgan fingerprint density at radius 1 is 0.787 bits per heavy atom. The Bertz CT molecular complexity index is 2390. The van der Waals surface area contributed by atoms with Gasteiger partial charge in [0.15, 0.2) is 0 Å².